The van der Waals surface area contributed by atoms with Gasteiger partial charge in [0, 0.05) is 22.8 Å². The van der Waals surface area contributed by atoms with Crippen molar-refractivity contribution in [3.8, 4) is 0 Å². The van der Waals surface area contributed by atoms with Gasteiger partial charge in [-0.05, 0) is 36.2 Å². The minimum absolute atomic E-state index is 0.0404. The summed E-state index contributed by atoms with van der Waals surface area (Å²) in [7, 11) is 0. The van der Waals surface area contributed by atoms with E-state index in [9.17, 15) is 4.79 Å². The standard InChI is InChI=1S/C18H18N2O/c1-2-16(13-6-4-3-5-7-13)18(21)20-15-8-9-17-14(12-15)10-11-19-17/h3-12,16,19H,2H2,1H3,(H,20,21). The third kappa shape index (κ3) is 2.82. The molecule has 1 aromatic heterocycles. The molecule has 0 saturated heterocycles. The molecule has 3 rings (SSSR count). The van der Waals surface area contributed by atoms with E-state index in [-0.39, 0.29) is 11.8 Å². The van der Waals surface area contributed by atoms with Crippen LogP contribution >= 0.6 is 0 Å². The van der Waals surface area contributed by atoms with Crippen molar-refractivity contribution in [1.29, 1.82) is 0 Å². The zero-order chi connectivity index (χ0) is 14.7. The van der Waals surface area contributed by atoms with Gasteiger partial charge in [-0.25, -0.2) is 0 Å². The zero-order valence-corrected chi connectivity index (χ0v) is 12.0. The number of hydrogen-bond donors (Lipinski definition) is 2. The first-order valence-electron chi connectivity index (χ1n) is 7.21. The Morgan fingerprint density at radius 3 is 2.71 bits per heavy atom. The highest BCUT2D eigenvalue weighted by atomic mass is 16.1. The molecule has 0 saturated carbocycles. The van der Waals surface area contributed by atoms with Gasteiger partial charge in [0.05, 0.1) is 5.92 Å². The predicted octanol–water partition coefficient (Wildman–Crippen LogP) is 4.30. The molecule has 0 radical (unpaired) electrons. The molecule has 21 heavy (non-hydrogen) atoms. The topological polar surface area (TPSA) is 44.9 Å². The van der Waals surface area contributed by atoms with E-state index < -0.39 is 0 Å². The van der Waals surface area contributed by atoms with E-state index in [1.165, 1.54) is 0 Å². The molecule has 3 aromatic rings. The summed E-state index contributed by atoms with van der Waals surface area (Å²) in [6.45, 7) is 2.03. The molecule has 0 aliphatic heterocycles. The number of benzene rings is 2. The number of H-pyrrole nitrogens is 1. The molecular weight excluding hydrogens is 260 g/mol. The van der Waals surface area contributed by atoms with Gasteiger partial charge in [-0.1, -0.05) is 37.3 Å². The Kier molecular flexibility index (Phi) is 3.73. The van der Waals surface area contributed by atoms with Crippen LogP contribution < -0.4 is 5.32 Å². The molecule has 0 bridgehead atoms. The molecule has 2 N–H and O–H groups in total. The lowest BCUT2D eigenvalue weighted by Crippen LogP contribution is -2.20. The van der Waals surface area contributed by atoms with Gasteiger partial charge in [0.1, 0.15) is 0 Å². The number of hydrogen-bond acceptors (Lipinski definition) is 1. The summed E-state index contributed by atoms with van der Waals surface area (Å²) >= 11 is 0. The van der Waals surface area contributed by atoms with E-state index in [1.807, 2.05) is 67.7 Å². The van der Waals surface area contributed by atoms with E-state index in [1.54, 1.807) is 0 Å². The molecular formula is C18H18N2O. The quantitative estimate of drug-likeness (QED) is 0.734. The lowest BCUT2D eigenvalue weighted by molar-refractivity contribution is -0.117. The molecule has 1 atom stereocenters. The predicted molar refractivity (Wildman–Crippen MR) is 86.4 cm³/mol. The van der Waals surface area contributed by atoms with Crippen molar-refractivity contribution in [3.05, 3.63) is 66.4 Å². The minimum Gasteiger partial charge on any atom is -0.361 e. The zero-order valence-electron chi connectivity index (χ0n) is 12.0. The van der Waals surface area contributed by atoms with Crippen molar-refractivity contribution in [3.63, 3.8) is 0 Å². The molecule has 3 heteroatoms. The fourth-order valence-electron chi connectivity index (χ4n) is 2.62. The average molecular weight is 278 g/mol. The molecule has 0 spiro atoms. The van der Waals surface area contributed by atoms with Gasteiger partial charge in [-0.3, -0.25) is 4.79 Å². The summed E-state index contributed by atoms with van der Waals surface area (Å²) in [5.74, 6) is -0.0771. The van der Waals surface area contributed by atoms with Crippen LogP contribution in [-0.2, 0) is 4.79 Å². The first kappa shape index (κ1) is 13.4. The van der Waals surface area contributed by atoms with Crippen molar-refractivity contribution in [2.24, 2.45) is 0 Å². The molecule has 106 valence electrons. The van der Waals surface area contributed by atoms with E-state index in [4.69, 9.17) is 0 Å². The average Bonchev–Trinajstić information content (AvgIpc) is 2.96. The summed E-state index contributed by atoms with van der Waals surface area (Å²) in [5, 5.41) is 4.12. The second-order valence-electron chi connectivity index (χ2n) is 5.14. The molecule has 2 aromatic carbocycles. The molecule has 0 aliphatic rings. The third-order valence-electron chi connectivity index (χ3n) is 3.75. The number of rotatable bonds is 4. The van der Waals surface area contributed by atoms with Crippen LogP contribution in [0.25, 0.3) is 10.9 Å². The molecule has 1 heterocycles. The second-order valence-corrected chi connectivity index (χ2v) is 5.14. The van der Waals surface area contributed by atoms with Crippen LogP contribution in [0.2, 0.25) is 0 Å². The van der Waals surface area contributed by atoms with E-state index >= 15 is 0 Å². The lowest BCUT2D eigenvalue weighted by Gasteiger charge is -2.15. The Morgan fingerprint density at radius 2 is 1.95 bits per heavy atom. The highest BCUT2D eigenvalue weighted by Gasteiger charge is 2.18. The number of carbonyl (C=O) groups is 1. The van der Waals surface area contributed by atoms with Crippen LogP contribution in [0.3, 0.4) is 0 Å². The van der Waals surface area contributed by atoms with Crippen molar-refractivity contribution < 1.29 is 4.79 Å². The Morgan fingerprint density at radius 1 is 1.14 bits per heavy atom. The monoisotopic (exact) mass is 278 g/mol. The first-order valence-corrected chi connectivity index (χ1v) is 7.21. The van der Waals surface area contributed by atoms with Crippen LogP contribution in [-0.4, -0.2) is 10.9 Å². The van der Waals surface area contributed by atoms with Crippen molar-refractivity contribution in [1.82, 2.24) is 4.98 Å². The van der Waals surface area contributed by atoms with Crippen LogP contribution in [0.1, 0.15) is 24.8 Å². The molecule has 0 aliphatic carbocycles. The van der Waals surface area contributed by atoms with Gasteiger partial charge in [-0.2, -0.15) is 0 Å². The third-order valence-corrected chi connectivity index (χ3v) is 3.75. The van der Waals surface area contributed by atoms with Crippen molar-refractivity contribution in [2.75, 3.05) is 5.32 Å². The van der Waals surface area contributed by atoms with Gasteiger partial charge in [0.15, 0.2) is 0 Å². The van der Waals surface area contributed by atoms with Gasteiger partial charge in [0.2, 0.25) is 5.91 Å². The molecule has 1 amide bonds. The highest BCUT2D eigenvalue weighted by molar-refractivity contribution is 5.97. The van der Waals surface area contributed by atoms with Crippen LogP contribution in [0.15, 0.2) is 60.8 Å². The Labute approximate surface area is 124 Å². The lowest BCUT2D eigenvalue weighted by atomic mass is 9.95. The molecule has 1 unspecified atom stereocenters. The Hall–Kier alpha value is -2.55. The summed E-state index contributed by atoms with van der Waals surface area (Å²) in [4.78, 5) is 15.6. The smallest absolute Gasteiger partial charge is 0.231 e. The van der Waals surface area contributed by atoms with Crippen molar-refractivity contribution in [2.45, 2.75) is 19.3 Å². The number of anilines is 1. The number of nitrogens with one attached hydrogen (secondary N) is 2. The SMILES string of the molecule is CCC(C(=O)Nc1ccc2[nH]ccc2c1)c1ccccc1. The first-order chi connectivity index (χ1) is 10.3. The van der Waals surface area contributed by atoms with E-state index in [0.717, 1.165) is 28.6 Å². The number of carbonyl (C=O) groups excluding carboxylic acids is 1. The summed E-state index contributed by atoms with van der Waals surface area (Å²) in [6, 6.07) is 17.8. The maximum Gasteiger partial charge on any atom is 0.231 e. The van der Waals surface area contributed by atoms with Crippen LogP contribution in [0, 0.1) is 0 Å². The van der Waals surface area contributed by atoms with E-state index in [2.05, 4.69) is 10.3 Å². The number of fused-ring (bicyclic) bond motifs is 1. The summed E-state index contributed by atoms with van der Waals surface area (Å²) in [5.41, 5.74) is 2.96. The second kappa shape index (κ2) is 5.83. The van der Waals surface area contributed by atoms with Gasteiger partial charge in [-0.15, -0.1) is 0 Å². The minimum atomic E-state index is -0.117. The number of amides is 1. The van der Waals surface area contributed by atoms with E-state index in [0.29, 0.717) is 0 Å². The van der Waals surface area contributed by atoms with Crippen molar-refractivity contribution >= 4 is 22.5 Å². The fourth-order valence-corrected chi connectivity index (χ4v) is 2.62. The maximum absolute atomic E-state index is 12.5. The van der Waals surface area contributed by atoms with Crippen LogP contribution in [0.4, 0.5) is 5.69 Å². The summed E-state index contributed by atoms with van der Waals surface area (Å²) in [6.07, 6.45) is 2.68. The molecule has 3 nitrogen and oxygen atoms in total. The van der Waals surface area contributed by atoms with Gasteiger partial charge < -0.3 is 10.3 Å². The maximum atomic E-state index is 12.5. The van der Waals surface area contributed by atoms with Gasteiger partial charge in [0.25, 0.3) is 0 Å². The largest absolute Gasteiger partial charge is 0.361 e. The fraction of sp³-hybridized carbons (Fsp3) is 0.167. The Balaban J connectivity index is 1.81. The van der Waals surface area contributed by atoms with Crippen LogP contribution in [0.5, 0.6) is 0 Å². The Bertz CT molecular complexity index is 746. The summed E-state index contributed by atoms with van der Waals surface area (Å²) < 4.78 is 0. The van der Waals surface area contributed by atoms with Gasteiger partial charge >= 0.3 is 0 Å². The normalized spacial score (nSPS) is 12.2. The number of aromatic nitrogens is 1. The highest BCUT2D eigenvalue weighted by Crippen LogP contribution is 2.23. The molecule has 0 fully saturated rings. The number of aromatic amines is 1.